The third-order valence-electron chi connectivity index (χ3n) is 5.31. The SMILES string of the molecule is OC[C@H]1O[C@@](CO)(O[C@H]2O[C@H](COC=Cc3ccccc3)[C@@H](O)[C@H](O)[C@H]2O)[C@@H](O)[C@@H]1O. The van der Waals surface area contributed by atoms with Crippen molar-refractivity contribution in [1.29, 1.82) is 0 Å². The maximum absolute atomic E-state index is 10.2. The second-order valence-electron chi connectivity index (χ2n) is 7.42. The van der Waals surface area contributed by atoms with Crippen LogP contribution in [0.2, 0.25) is 0 Å². The van der Waals surface area contributed by atoms with Gasteiger partial charge in [0.1, 0.15) is 55.9 Å². The molecule has 0 saturated carbocycles. The van der Waals surface area contributed by atoms with Gasteiger partial charge in [-0.05, 0) is 11.6 Å². The summed E-state index contributed by atoms with van der Waals surface area (Å²) in [7, 11) is 0. The molecule has 0 aromatic heterocycles. The van der Waals surface area contributed by atoms with Gasteiger partial charge in [-0.2, -0.15) is 0 Å². The zero-order valence-electron chi connectivity index (χ0n) is 16.5. The van der Waals surface area contributed by atoms with E-state index in [0.717, 1.165) is 5.56 Å². The van der Waals surface area contributed by atoms with Crippen molar-refractivity contribution in [2.45, 2.75) is 54.8 Å². The van der Waals surface area contributed by atoms with Crippen molar-refractivity contribution in [3.63, 3.8) is 0 Å². The largest absolute Gasteiger partial charge is 0.498 e. The minimum Gasteiger partial charge on any atom is -0.498 e. The average Bonchev–Trinajstić information content (AvgIpc) is 3.03. The van der Waals surface area contributed by atoms with E-state index >= 15 is 0 Å². The summed E-state index contributed by atoms with van der Waals surface area (Å²) in [5.74, 6) is -2.22. The highest BCUT2D eigenvalue weighted by molar-refractivity contribution is 5.47. The lowest BCUT2D eigenvalue weighted by Crippen LogP contribution is -2.62. The summed E-state index contributed by atoms with van der Waals surface area (Å²) in [4.78, 5) is 0. The van der Waals surface area contributed by atoms with Gasteiger partial charge in [-0.15, -0.1) is 0 Å². The van der Waals surface area contributed by atoms with Gasteiger partial charge < -0.3 is 54.7 Å². The lowest BCUT2D eigenvalue weighted by Gasteiger charge is -2.43. The van der Waals surface area contributed by atoms with Gasteiger partial charge in [-0.25, -0.2) is 0 Å². The first-order valence-electron chi connectivity index (χ1n) is 9.79. The van der Waals surface area contributed by atoms with Crippen LogP contribution >= 0.6 is 0 Å². The number of rotatable bonds is 8. The zero-order valence-corrected chi connectivity index (χ0v) is 16.5. The molecule has 3 rings (SSSR count). The van der Waals surface area contributed by atoms with E-state index in [0.29, 0.717) is 0 Å². The Morgan fingerprint density at radius 1 is 0.903 bits per heavy atom. The Kier molecular flexibility index (Phi) is 7.99. The summed E-state index contributed by atoms with van der Waals surface area (Å²) in [5.41, 5.74) is 0.874. The van der Waals surface area contributed by atoms with Crippen LogP contribution in [0.25, 0.3) is 6.08 Å². The summed E-state index contributed by atoms with van der Waals surface area (Å²) in [6, 6.07) is 9.27. The van der Waals surface area contributed by atoms with Crippen LogP contribution < -0.4 is 0 Å². The molecular weight excluding hydrogens is 416 g/mol. The molecule has 7 N–H and O–H groups in total. The van der Waals surface area contributed by atoms with Crippen molar-refractivity contribution in [2.24, 2.45) is 0 Å². The molecule has 2 fully saturated rings. The summed E-state index contributed by atoms with van der Waals surface area (Å²) in [6.45, 7) is -1.83. The number of aliphatic hydroxyl groups is 7. The number of ether oxygens (including phenoxy) is 4. The maximum atomic E-state index is 10.2. The smallest absolute Gasteiger partial charge is 0.224 e. The van der Waals surface area contributed by atoms with Gasteiger partial charge in [0.2, 0.25) is 5.79 Å². The molecule has 11 heteroatoms. The molecular formula is C20H28O11. The highest BCUT2D eigenvalue weighted by atomic mass is 16.8. The van der Waals surface area contributed by atoms with E-state index in [4.69, 9.17) is 18.9 Å². The van der Waals surface area contributed by atoms with Gasteiger partial charge >= 0.3 is 0 Å². The molecule has 2 saturated heterocycles. The molecule has 0 radical (unpaired) electrons. The molecule has 0 bridgehead atoms. The topological polar surface area (TPSA) is 179 Å². The van der Waals surface area contributed by atoms with Gasteiger partial charge in [0.15, 0.2) is 6.29 Å². The van der Waals surface area contributed by atoms with Crippen LogP contribution in [0.3, 0.4) is 0 Å². The quantitative estimate of drug-likeness (QED) is 0.208. The summed E-state index contributed by atoms with van der Waals surface area (Å²) >= 11 is 0. The Labute approximate surface area is 178 Å². The van der Waals surface area contributed by atoms with Crippen molar-refractivity contribution >= 4 is 6.08 Å². The molecule has 2 heterocycles. The van der Waals surface area contributed by atoms with Crippen molar-refractivity contribution in [3.05, 3.63) is 42.2 Å². The number of hydrogen-bond acceptors (Lipinski definition) is 11. The number of aliphatic hydroxyl groups excluding tert-OH is 7. The Balaban J connectivity index is 1.66. The van der Waals surface area contributed by atoms with E-state index in [2.05, 4.69) is 0 Å². The van der Waals surface area contributed by atoms with E-state index in [1.54, 1.807) is 6.08 Å². The fraction of sp³-hybridized carbons (Fsp3) is 0.600. The predicted octanol–water partition coefficient (Wildman–Crippen LogP) is -2.70. The second kappa shape index (κ2) is 10.3. The summed E-state index contributed by atoms with van der Waals surface area (Å²) < 4.78 is 21.5. The molecule has 2 aliphatic heterocycles. The summed E-state index contributed by atoms with van der Waals surface area (Å²) in [6.07, 6.45) is -9.33. The maximum Gasteiger partial charge on any atom is 0.224 e. The normalized spacial score (nSPS) is 41.0. The standard InChI is InChI=1S/C20H28O11/c21-8-12-15(24)18(27)20(10-22,30-12)31-19-17(26)16(25)14(23)13(29-19)9-28-7-6-11-4-2-1-3-5-11/h1-7,12-19,21-27H,8-10H2/t12-,13-,14-,15-,16+,17-,18+,19-,20+/m1/s1. The van der Waals surface area contributed by atoms with Crippen LogP contribution in [0.1, 0.15) is 5.56 Å². The van der Waals surface area contributed by atoms with Crippen molar-refractivity contribution in [2.75, 3.05) is 19.8 Å². The van der Waals surface area contributed by atoms with Crippen LogP contribution in [0.5, 0.6) is 0 Å². The Hall–Kier alpha value is -1.64. The molecule has 0 aliphatic carbocycles. The lowest BCUT2D eigenvalue weighted by molar-refractivity contribution is -0.383. The minimum absolute atomic E-state index is 0.217. The molecule has 0 unspecified atom stereocenters. The lowest BCUT2D eigenvalue weighted by atomic mass is 9.99. The van der Waals surface area contributed by atoms with E-state index in [1.807, 2.05) is 30.3 Å². The average molecular weight is 444 g/mol. The molecule has 1 aromatic carbocycles. The fourth-order valence-corrected chi connectivity index (χ4v) is 3.46. The van der Waals surface area contributed by atoms with E-state index < -0.39 is 68.0 Å². The molecule has 11 nitrogen and oxygen atoms in total. The van der Waals surface area contributed by atoms with Crippen LogP contribution in [0.4, 0.5) is 0 Å². The molecule has 0 amide bonds. The van der Waals surface area contributed by atoms with Crippen molar-refractivity contribution in [1.82, 2.24) is 0 Å². The van der Waals surface area contributed by atoms with Crippen molar-refractivity contribution in [3.8, 4) is 0 Å². The van der Waals surface area contributed by atoms with Crippen LogP contribution in [-0.2, 0) is 18.9 Å². The molecule has 2 aliphatic rings. The van der Waals surface area contributed by atoms with Crippen LogP contribution in [-0.4, -0.2) is 110 Å². The van der Waals surface area contributed by atoms with Gasteiger partial charge in [0.05, 0.1) is 12.9 Å². The Morgan fingerprint density at radius 3 is 2.23 bits per heavy atom. The van der Waals surface area contributed by atoms with Crippen molar-refractivity contribution < 1.29 is 54.7 Å². The van der Waals surface area contributed by atoms with E-state index in [1.165, 1.54) is 6.26 Å². The van der Waals surface area contributed by atoms with E-state index in [9.17, 15) is 35.7 Å². The highest BCUT2D eigenvalue weighted by Crippen LogP contribution is 2.36. The molecule has 9 atom stereocenters. The fourth-order valence-electron chi connectivity index (χ4n) is 3.46. The number of benzene rings is 1. The first-order chi connectivity index (χ1) is 14.8. The first kappa shape index (κ1) is 24.0. The van der Waals surface area contributed by atoms with Gasteiger partial charge in [-0.1, -0.05) is 30.3 Å². The summed E-state index contributed by atoms with van der Waals surface area (Å²) in [5, 5.41) is 69.8. The van der Waals surface area contributed by atoms with Gasteiger partial charge in [-0.3, -0.25) is 0 Å². The second-order valence-corrected chi connectivity index (χ2v) is 7.42. The molecule has 174 valence electrons. The van der Waals surface area contributed by atoms with Crippen LogP contribution in [0, 0.1) is 0 Å². The molecule has 1 aromatic rings. The predicted molar refractivity (Wildman–Crippen MR) is 103 cm³/mol. The van der Waals surface area contributed by atoms with Gasteiger partial charge in [0, 0.05) is 0 Å². The number of hydrogen-bond donors (Lipinski definition) is 7. The van der Waals surface area contributed by atoms with Gasteiger partial charge in [0.25, 0.3) is 0 Å². The first-order valence-corrected chi connectivity index (χ1v) is 9.79. The van der Waals surface area contributed by atoms with E-state index in [-0.39, 0.29) is 6.61 Å². The molecule has 31 heavy (non-hydrogen) atoms. The third-order valence-corrected chi connectivity index (χ3v) is 5.31. The monoisotopic (exact) mass is 444 g/mol. The highest BCUT2D eigenvalue weighted by Gasteiger charge is 2.58. The third kappa shape index (κ3) is 5.07. The van der Waals surface area contributed by atoms with Crippen LogP contribution in [0.15, 0.2) is 36.6 Å². The Bertz CT molecular complexity index is 716. The minimum atomic E-state index is -2.22. The zero-order chi connectivity index (χ0) is 22.6. The molecule has 0 spiro atoms. The Morgan fingerprint density at radius 2 is 1.61 bits per heavy atom.